The molecule has 0 fully saturated rings. The van der Waals surface area contributed by atoms with Crippen LogP contribution in [-0.4, -0.2) is 21.8 Å². The molecule has 0 unspecified atom stereocenters. The van der Waals surface area contributed by atoms with E-state index in [9.17, 15) is 10.1 Å². The summed E-state index contributed by atoms with van der Waals surface area (Å²) in [6.07, 6.45) is 3.50. The standard InChI is InChI=1S/C12H13N3O3/c1-8-4-12(18-3)11(15(16)17)5-10(8)9-6-13-14(2)7-9/h4-7H,1-3H3. The number of nitro groups is 1. The van der Waals surface area contributed by atoms with Gasteiger partial charge in [0, 0.05) is 24.9 Å². The Kier molecular flexibility index (Phi) is 3.01. The Morgan fingerprint density at radius 2 is 2.17 bits per heavy atom. The first-order chi connectivity index (χ1) is 8.52. The van der Waals surface area contributed by atoms with Gasteiger partial charge in [-0.25, -0.2) is 0 Å². The van der Waals surface area contributed by atoms with Gasteiger partial charge < -0.3 is 4.74 Å². The van der Waals surface area contributed by atoms with Crippen molar-refractivity contribution in [1.82, 2.24) is 9.78 Å². The number of methoxy groups -OCH3 is 1. The topological polar surface area (TPSA) is 70.2 Å². The van der Waals surface area contributed by atoms with Gasteiger partial charge in [0.05, 0.1) is 18.2 Å². The van der Waals surface area contributed by atoms with Crippen molar-refractivity contribution < 1.29 is 9.66 Å². The molecule has 0 aliphatic carbocycles. The van der Waals surface area contributed by atoms with Crippen molar-refractivity contribution in [2.75, 3.05) is 7.11 Å². The van der Waals surface area contributed by atoms with E-state index in [1.165, 1.54) is 13.2 Å². The Balaban J connectivity index is 2.62. The number of aromatic nitrogens is 2. The summed E-state index contributed by atoms with van der Waals surface area (Å²) in [5.74, 6) is 0.269. The molecular formula is C12H13N3O3. The summed E-state index contributed by atoms with van der Waals surface area (Å²) in [6, 6.07) is 3.19. The molecule has 1 aromatic carbocycles. The molecule has 6 nitrogen and oxygen atoms in total. The average molecular weight is 247 g/mol. The quantitative estimate of drug-likeness (QED) is 0.616. The zero-order valence-electron chi connectivity index (χ0n) is 10.4. The van der Waals surface area contributed by atoms with Crippen molar-refractivity contribution in [3.05, 3.63) is 40.2 Å². The van der Waals surface area contributed by atoms with Gasteiger partial charge in [-0.15, -0.1) is 0 Å². The van der Waals surface area contributed by atoms with E-state index >= 15 is 0 Å². The second-order valence-corrected chi connectivity index (χ2v) is 4.00. The van der Waals surface area contributed by atoms with Gasteiger partial charge >= 0.3 is 5.69 Å². The van der Waals surface area contributed by atoms with Crippen molar-refractivity contribution in [1.29, 1.82) is 0 Å². The van der Waals surface area contributed by atoms with Gasteiger partial charge in [-0.1, -0.05) is 0 Å². The Morgan fingerprint density at radius 3 is 2.67 bits per heavy atom. The van der Waals surface area contributed by atoms with Crippen molar-refractivity contribution in [2.24, 2.45) is 7.05 Å². The lowest BCUT2D eigenvalue weighted by Gasteiger charge is -2.07. The van der Waals surface area contributed by atoms with Crippen LogP contribution in [0.4, 0.5) is 5.69 Å². The number of benzene rings is 1. The van der Waals surface area contributed by atoms with Gasteiger partial charge in [-0.2, -0.15) is 5.10 Å². The highest BCUT2D eigenvalue weighted by Crippen LogP contribution is 2.34. The highest BCUT2D eigenvalue weighted by molar-refractivity contribution is 5.71. The maximum atomic E-state index is 11.0. The third-order valence-corrected chi connectivity index (χ3v) is 2.74. The van der Waals surface area contributed by atoms with E-state index in [1.807, 2.05) is 13.1 Å². The van der Waals surface area contributed by atoms with E-state index in [2.05, 4.69) is 5.10 Å². The van der Waals surface area contributed by atoms with Crippen molar-refractivity contribution in [2.45, 2.75) is 6.92 Å². The maximum Gasteiger partial charge on any atom is 0.311 e. The number of hydrogen-bond donors (Lipinski definition) is 0. The highest BCUT2D eigenvalue weighted by Gasteiger charge is 2.18. The summed E-state index contributed by atoms with van der Waals surface area (Å²) in [5.41, 5.74) is 2.50. The van der Waals surface area contributed by atoms with Crippen LogP contribution < -0.4 is 4.74 Å². The maximum absolute atomic E-state index is 11.0. The van der Waals surface area contributed by atoms with Crippen LogP contribution in [-0.2, 0) is 7.05 Å². The third-order valence-electron chi connectivity index (χ3n) is 2.74. The number of hydrogen-bond acceptors (Lipinski definition) is 4. The predicted octanol–water partition coefficient (Wildman–Crippen LogP) is 2.31. The zero-order chi connectivity index (χ0) is 13.3. The Morgan fingerprint density at radius 1 is 1.44 bits per heavy atom. The monoisotopic (exact) mass is 247 g/mol. The smallest absolute Gasteiger partial charge is 0.311 e. The fraction of sp³-hybridized carbons (Fsp3) is 0.250. The Bertz CT molecular complexity index is 605. The lowest BCUT2D eigenvalue weighted by Crippen LogP contribution is -1.96. The van der Waals surface area contributed by atoms with Crippen LogP contribution in [0.1, 0.15) is 5.56 Å². The molecule has 0 amide bonds. The van der Waals surface area contributed by atoms with Gasteiger partial charge in [0.25, 0.3) is 0 Å². The van der Waals surface area contributed by atoms with Crippen molar-refractivity contribution >= 4 is 5.69 Å². The van der Waals surface area contributed by atoms with Crippen LogP contribution in [0.3, 0.4) is 0 Å². The van der Waals surface area contributed by atoms with Gasteiger partial charge in [-0.3, -0.25) is 14.8 Å². The van der Waals surface area contributed by atoms with E-state index in [1.54, 1.807) is 24.0 Å². The number of ether oxygens (including phenoxy) is 1. The number of aryl methyl sites for hydroxylation is 2. The first-order valence-electron chi connectivity index (χ1n) is 5.35. The van der Waals surface area contributed by atoms with Crippen LogP contribution >= 0.6 is 0 Å². The SMILES string of the molecule is COc1cc(C)c(-c2cnn(C)c2)cc1[N+](=O)[O-]. The number of rotatable bonds is 3. The second kappa shape index (κ2) is 4.48. The number of nitro benzene ring substituents is 1. The van der Waals surface area contributed by atoms with Crippen molar-refractivity contribution in [3.63, 3.8) is 0 Å². The van der Waals surface area contributed by atoms with E-state index in [-0.39, 0.29) is 11.4 Å². The summed E-state index contributed by atoms with van der Waals surface area (Å²) < 4.78 is 6.68. The van der Waals surface area contributed by atoms with Crippen LogP contribution in [0, 0.1) is 17.0 Å². The molecule has 0 N–H and O–H groups in total. The van der Waals surface area contributed by atoms with Crippen LogP contribution in [0.5, 0.6) is 5.75 Å². The summed E-state index contributed by atoms with van der Waals surface area (Å²) in [6.45, 7) is 1.88. The summed E-state index contributed by atoms with van der Waals surface area (Å²) in [7, 11) is 3.22. The molecule has 0 saturated carbocycles. The van der Waals surface area contributed by atoms with Gasteiger partial charge in [0.2, 0.25) is 0 Å². The molecule has 6 heteroatoms. The van der Waals surface area contributed by atoms with E-state index in [4.69, 9.17) is 4.74 Å². The number of nitrogens with zero attached hydrogens (tertiary/aromatic N) is 3. The minimum absolute atomic E-state index is 0.0399. The minimum Gasteiger partial charge on any atom is -0.490 e. The fourth-order valence-corrected chi connectivity index (χ4v) is 1.85. The van der Waals surface area contributed by atoms with Crippen molar-refractivity contribution in [3.8, 4) is 16.9 Å². The molecule has 2 rings (SSSR count). The fourth-order valence-electron chi connectivity index (χ4n) is 1.85. The van der Waals surface area contributed by atoms with Crippen LogP contribution in [0.15, 0.2) is 24.5 Å². The molecule has 1 aromatic heterocycles. The molecule has 1 heterocycles. The van der Waals surface area contributed by atoms with E-state index in [0.717, 1.165) is 16.7 Å². The molecule has 2 aromatic rings. The molecule has 0 bridgehead atoms. The highest BCUT2D eigenvalue weighted by atomic mass is 16.6. The molecular weight excluding hydrogens is 234 g/mol. The van der Waals surface area contributed by atoms with Crippen LogP contribution in [0.2, 0.25) is 0 Å². The van der Waals surface area contributed by atoms with E-state index < -0.39 is 4.92 Å². The first-order valence-corrected chi connectivity index (χ1v) is 5.35. The van der Waals surface area contributed by atoms with Gasteiger partial charge in [-0.05, 0) is 24.1 Å². The predicted molar refractivity (Wildman–Crippen MR) is 66.6 cm³/mol. The zero-order valence-corrected chi connectivity index (χ0v) is 10.4. The normalized spacial score (nSPS) is 10.4. The molecule has 0 radical (unpaired) electrons. The Hall–Kier alpha value is -2.37. The lowest BCUT2D eigenvalue weighted by molar-refractivity contribution is -0.385. The molecule has 0 saturated heterocycles. The third kappa shape index (κ3) is 2.04. The second-order valence-electron chi connectivity index (χ2n) is 4.00. The molecule has 18 heavy (non-hydrogen) atoms. The molecule has 0 atom stereocenters. The largest absolute Gasteiger partial charge is 0.490 e. The van der Waals surface area contributed by atoms with E-state index in [0.29, 0.717) is 0 Å². The Labute approximate surface area is 104 Å². The summed E-state index contributed by atoms with van der Waals surface area (Å²) in [5, 5.41) is 15.1. The lowest BCUT2D eigenvalue weighted by atomic mass is 10.0. The van der Waals surface area contributed by atoms with Gasteiger partial charge in [0.15, 0.2) is 5.75 Å². The first kappa shape index (κ1) is 12.1. The average Bonchev–Trinajstić information content (AvgIpc) is 2.74. The van der Waals surface area contributed by atoms with Crippen LogP contribution in [0.25, 0.3) is 11.1 Å². The minimum atomic E-state index is -0.446. The summed E-state index contributed by atoms with van der Waals surface area (Å²) in [4.78, 5) is 10.5. The molecule has 0 aliphatic heterocycles. The molecule has 94 valence electrons. The summed E-state index contributed by atoms with van der Waals surface area (Å²) >= 11 is 0. The van der Waals surface area contributed by atoms with Gasteiger partial charge in [0.1, 0.15) is 0 Å². The molecule has 0 aliphatic rings. The molecule has 0 spiro atoms.